The van der Waals surface area contributed by atoms with E-state index in [1.165, 1.54) is 0 Å². The standard InChI is InChI=1S/C19H36N2O2/c1-13(2)14(3)18(7,8)20-11-16(23)21(12-15(20)22)19(9,10)17(4,5)6/h13-14H,11-12H2,1-10H3. The van der Waals surface area contributed by atoms with Gasteiger partial charge in [0.15, 0.2) is 0 Å². The molecule has 23 heavy (non-hydrogen) atoms. The van der Waals surface area contributed by atoms with Gasteiger partial charge < -0.3 is 9.80 Å². The number of carbonyl (C=O) groups is 2. The van der Waals surface area contributed by atoms with E-state index in [1.54, 1.807) is 9.80 Å². The molecule has 4 heteroatoms. The first-order chi connectivity index (χ1) is 10.1. The maximum Gasteiger partial charge on any atom is 0.243 e. The molecule has 1 heterocycles. The molecule has 0 radical (unpaired) electrons. The van der Waals surface area contributed by atoms with Crippen molar-refractivity contribution < 1.29 is 9.59 Å². The highest BCUT2D eigenvalue weighted by atomic mass is 16.2. The van der Waals surface area contributed by atoms with Crippen LogP contribution in [0.1, 0.15) is 69.2 Å². The summed E-state index contributed by atoms with van der Waals surface area (Å²) in [5, 5.41) is 0. The van der Waals surface area contributed by atoms with Crippen LogP contribution in [0.25, 0.3) is 0 Å². The smallest absolute Gasteiger partial charge is 0.243 e. The van der Waals surface area contributed by atoms with E-state index in [4.69, 9.17) is 0 Å². The van der Waals surface area contributed by atoms with Crippen molar-refractivity contribution in [1.29, 1.82) is 0 Å². The van der Waals surface area contributed by atoms with Gasteiger partial charge in [0, 0.05) is 11.1 Å². The minimum absolute atomic E-state index is 0.0496. The lowest BCUT2D eigenvalue weighted by atomic mass is 9.74. The summed E-state index contributed by atoms with van der Waals surface area (Å²) in [5.41, 5.74) is -0.773. The molecule has 0 spiro atoms. The lowest BCUT2D eigenvalue weighted by Crippen LogP contribution is -2.67. The fourth-order valence-electron chi connectivity index (χ4n) is 3.12. The molecule has 1 aliphatic heterocycles. The minimum Gasteiger partial charge on any atom is -0.326 e. The van der Waals surface area contributed by atoms with Gasteiger partial charge in [-0.3, -0.25) is 9.59 Å². The van der Waals surface area contributed by atoms with Gasteiger partial charge in [-0.15, -0.1) is 0 Å². The molecule has 1 rings (SSSR count). The molecule has 0 aromatic carbocycles. The van der Waals surface area contributed by atoms with E-state index in [2.05, 4.69) is 69.2 Å². The van der Waals surface area contributed by atoms with Gasteiger partial charge in [0.2, 0.25) is 11.8 Å². The number of hydrogen-bond acceptors (Lipinski definition) is 2. The average Bonchev–Trinajstić information content (AvgIpc) is 2.38. The molecular weight excluding hydrogens is 288 g/mol. The zero-order valence-electron chi connectivity index (χ0n) is 16.8. The average molecular weight is 325 g/mol. The van der Waals surface area contributed by atoms with E-state index in [1.807, 2.05) is 0 Å². The molecule has 1 fully saturated rings. The second kappa shape index (κ2) is 6.10. The lowest BCUT2D eigenvalue weighted by Gasteiger charge is -2.53. The molecular formula is C19H36N2O2. The van der Waals surface area contributed by atoms with Crippen molar-refractivity contribution in [3.63, 3.8) is 0 Å². The summed E-state index contributed by atoms with van der Waals surface area (Å²) in [6, 6.07) is 0. The van der Waals surface area contributed by atoms with Crippen LogP contribution >= 0.6 is 0 Å². The van der Waals surface area contributed by atoms with E-state index in [0.717, 1.165) is 0 Å². The third-order valence-corrected chi connectivity index (χ3v) is 6.51. The Balaban J connectivity index is 3.07. The number of amides is 2. The van der Waals surface area contributed by atoms with E-state index >= 15 is 0 Å². The van der Waals surface area contributed by atoms with Crippen molar-refractivity contribution in [2.45, 2.75) is 80.3 Å². The highest BCUT2D eigenvalue weighted by Gasteiger charge is 2.48. The van der Waals surface area contributed by atoms with Crippen molar-refractivity contribution in [2.24, 2.45) is 17.3 Å². The Labute approximate surface area is 142 Å². The van der Waals surface area contributed by atoms with Crippen molar-refractivity contribution in [3.05, 3.63) is 0 Å². The van der Waals surface area contributed by atoms with E-state index in [-0.39, 0.29) is 41.4 Å². The summed E-state index contributed by atoms with van der Waals surface area (Å²) in [4.78, 5) is 29.2. The van der Waals surface area contributed by atoms with Crippen LogP contribution in [0, 0.1) is 17.3 Å². The van der Waals surface area contributed by atoms with Gasteiger partial charge in [-0.25, -0.2) is 0 Å². The van der Waals surface area contributed by atoms with Crippen LogP contribution in [-0.4, -0.2) is 45.8 Å². The molecule has 0 aromatic rings. The first-order valence-electron chi connectivity index (χ1n) is 8.75. The Morgan fingerprint density at radius 3 is 1.57 bits per heavy atom. The molecule has 0 aromatic heterocycles. The number of nitrogens with zero attached hydrogens (tertiary/aromatic N) is 2. The predicted molar refractivity (Wildman–Crippen MR) is 95.0 cm³/mol. The third kappa shape index (κ3) is 3.56. The number of carbonyl (C=O) groups excluding carboxylic acids is 2. The van der Waals surface area contributed by atoms with Crippen molar-refractivity contribution in [3.8, 4) is 0 Å². The first kappa shape index (κ1) is 20.0. The summed E-state index contributed by atoms with van der Waals surface area (Å²) in [6.07, 6.45) is 0. The summed E-state index contributed by atoms with van der Waals surface area (Å²) < 4.78 is 0. The Hall–Kier alpha value is -1.06. The van der Waals surface area contributed by atoms with Gasteiger partial charge >= 0.3 is 0 Å². The fraction of sp³-hybridized carbons (Fsp3) is 0.895. The maximum absolute atomic E-state index is 12.8. The molecule has 0 bridgehead atoms. The molecule has 0 aliphatic carbocycles. The molecule has 0 saturated carbocycles. The summed E-state index contributed by atoms with van der Waals surface area (Å²) in [6.45, 7) is 21.4. The van der Waals surface area contributed by atoms with Crippen molar-refractivity contribution >= 4 is 11.8 Å². The van der Waals surface area contributed by atoms with E-state index in [9.17, 15) is 9.59 Å². The van der Waals surface area contributed by atoms with E-state index in [0.29, 0.717) is 11.8 Å². The monoisotopic (exact) mass is 324 g/mol. The van der Waals surface area contributed by atoms with Crippen LogP contribution in [-0.2, 0) is 9.59 Å². The van der Waals surface area contributed by atoms with Gasteiger partial charge in [0.25, 0.3) is 0 Å². The first-order valence-corrected chi connectivity index (χ1v) is 8.75. The molecule has 1 atom stereocenters. The number of hydrogen-bond donors (Lipinski definition) is 0. The SMILES string of the molecule is CC(C)C(C)C(C)(C)N1CC(=O)N(C(C)(C)C(C)(C)C)CC1=O. The van der Waals surface area contributed by atoms with Crippen molar-refractivity contribution in [1.82, 2.24) is 9.80 Å². The molecule has 1 aliphatic rings. The minimum atomic E-state index is -0.361. The molecule has 4 nitrogen and oxygen atoms in total. The summed E-state index contributed by atoms with van der Waals surface area (Å²) >= 11 is 0. The predicted octanol–water partition coefficient (Wildman–Crippen LogP) is 3.55. The zero-order chi connectivity index (χ0) is 18.4. The number of piperazine rings is 1. The fourth-order valence-corrected chi connectivity index (χ4v) is 3.12. The summed E-state index contributed by atoms with van der Waals surface area (Å²) in [7, 11) is 0. The van der Waals surface area contributed by atoms with Crippen LogP contribution in [0.2, 0.25) is 0 Å². The highest BCUT2D eigenvalue weighted by molar-refractivity contribution is 5.93. The molecule has 134 valence electrons. The van der Waals surface area contributed by atoms with Crippen LogP contribution in [0.5, 0.6) is 0 Å². The second-order valence-corrected chi connectivity index (χ2v) is 9.46. The quantitative estimate of drug-likeness (QED) is 0.793. The maximum atomic E-state index is 12.8. The van der Waals surface area contributed by atoms with Crippen LogP contribution in [0.3, 0.4) is 0 Å². The third-order valence-electron chi connectivity index (χ3n) is 6.51. The van der Waals surface area contributed by atoms with Crippen LogP contribution < -0.4 is 0 Å². The van der Waals surface area contributed by atoms with Crippen LogP contribution in [0.15, 0.2) is 0 Å². The van der Waals surface area contributed by atoms with Gasteiger partial charge in [-0.2, -0.15) is 0 Å². The van der Waals surface area contributed by atoms with Gasteiger partial charge in [0.1, 0.15) is 13.1 Å². The zero-order valence-corrected chi connectivity index (χ0v) is 16.8. The van der Waals surface area contributed by atoms with Gasteiger partial charge in [-0.05, 0) is 44.9 Å². The van der Waals surface area contributed by atoms with E-state index < -0.39 is 0 Å². The van der Waals surface area contributed by atoms with Gasteiger partial charge in [-0.1, -0.05) is 41.5 Å². The topological polar surface area (TPSA) is 40.6 Å². The largest absolute Gasteiger partial charge is 0.326 e. The number of rotatable bonds is 4. The van der Waals surface area contributed by atoms with Gasteiger partial charge in [0.05, 0.1) is 0 Å². The summed E-state index contributed by atoms with van der Waals surface area (Å²) in [5.74, 6) is 0.881. The van der Waals surface area contributed by atoms with Crippen LogP contribution in [0.4, 0.5) is 0 Å². The normalized spacial score (nSPS) is 19.6. The Kier molecular flexibility index (Phi) is 5.30. The molecule has 2 amide bonds. The Bertz CT molecular complexity index is 472. The Morgan fingerprint density at radius 1 is 0.783 bits per heavy atom. The second-order valence-electron chi connectivity index (χ2n) is 9.46. The Morgan fingerprint density at radius 2 is 1.17 bits per heavy atom. The molecule has 1 unspecified atom stereocenters. The van der Waals surface area contributed by atoms with Crippen molar-refractivity contribution in [2.75, 3.05) is 13.1 Å². The molecule has 1 saturated heterocycles. The highest BCUT2D eigenvalue weighted by Crippen LogP contribution is 2.38. The molecule has 0 N–H and O–H groups in total. The lowest BCUT2D eigenvalue weighted by molar-refractivity contribution is -0.165.